The maximum Gasteiger partial charge on any atom is 0.230 e. The first-order valence-corrected chi connectivity index (χ1v) is 10.4. The Labute approximate surface area is 176 Å². The van der Waals surface area contributed by atoms with Gasteiger partial charge in [-0.3, -0.25) is 4.79 Å². The number of nitrogens with zero attached hydrogens (tertiary/aromatic N) is 2. The van der Waals surface area contributed by atoms with Gasteiger partial charge in [0.1, 0.15) is 11.6 Å². The first kappa shape index (κ1) is 18.3. The molecule has 0 aliphatic carbocycles. The number of oxazole rings is 1. The lowest BCUT2D eigenvalue weighted by molar-refractivity contribution is -0.115. The van der Waals surface area contributed by atoms with Crippen LogP contribution in [-0.2, 0) is 11.2 Å². The number of fused-ring (bicyclic) bond motifs is 1. The van der Waals surface area contributed by atoms with Gasteiger partial charge in [-0.25, -0.2) is 9.97 Å². The Hall–Kier alpha value is -3.71. The Balaban J connectivity index is 1.32. The van der Waals surface area contributed by atoms with Gasteiger partial charge in [-0.2, -0.15) is 0 Å². The molecule has 5 rings (SSSR count). The number of benzene rings is 2. The van der Waals surface area contributed by atoms with E-state index in [2.05, 4.69) is 20.3 Å². The van der Waals surface area contributed by atoms with E-state index in [4.69, 9.17) is 4.42 Å². The summed E-state index contributed by atoms with van der Waals surface area (Å²) in [5.74, 6) is 1.85. The Kier molecular flexibility index (Phi) is 4.65. The molecule has 2 N–H and O–H groups in total. The molecule has 6 nitrogen and oxygen atoms in total. The fourth-order valence-electron chi connectivity index (χ4n) is 3.27. The third kappa shape index (κ3) is 3.62. The molecule has 30 heavy (non-hydrogen) atoms. The summed E-state index contributed by atoms with van der Waals surface area (Å²) in [6, 6.07) is 19.3. The minimum absolute atomic E-state index is 0.142. The van der Waals surface area contributed by atoms with Gasteiger partial charge in [0.15, 0.2) is 0 Å². The molecule has 0 atom stereocenters. The second kappa shape index (κ2) is 7.61. The van der Waals surface area contributed by atoms with Gasteiger partial charge in [-0.05, 0) is 48.7 Å². The minimum Gasteiger partial charge on any atom is -0.441 e. The highest BCUT2D eigenvalue weighted by Gasteiger charge is 2.15. The lowest BCUT2D eigenvalue weighted by atomic mass is 10.2. The molecule has 5 aromatic rings. The van der Waals surface area contributed by atoms with Crippen LogP contribution < -0.4 is 5.32 Å². The molecule has 2 aromatic carbocycles. The average molecular weight is 414 g/mol. The van der Waals surface area contributed by atoms with Crippen molar-refractivity contribution in [1.29, 1.82) is 0 Å². The molecule has 0 saturated carbocycles. The number of hydrogen-bond acceptors (Lipinski definition) is 5. The number of anilines is 1. The van der Waals surface area contributed by atoms with Crippen LogP contribution in [0.25, 0.3) is 33.2 Å². The van der Waals surface area contributed by atoms with Crippen molar-refractivity contribution in [2.45, 2.75) is 13.3 Å². The summed E-state index contributed by atoms with van der Waals surface area (Å²) < 4.78 is 5.74. The van der Waals surface area contributed by atoms with Crippen molar-refractivity contribution >= 4 is 34.0 Å². The summed E-state index contributed by atoms with van der Waals surface area (Å²) in [4.78, 5) is 26.1. The van der Waals surface area contributed by atoms with E-state index in [0.717, 1.165) is 27.3 Å². The number of H-pyrrole nitrogens is 1. The van der Waals surface area contributed by atoms with E-state index in [1.807, 2.05) is 73.0 Å². The van der Waals surface area contributed by atoms with Gasteiger partial charge in [0.2, 0.25) is 11.8 Å². The van der Waals surface area contributed by atoms with Crippen molar-refractivity contribution in [3.8, 4) is 22.2 Å². The zero-order valence-corrected chi connectivity index (χ0v) is 17.0. The predicted molar refractivity (Wildman–Crippen MR) is 118 cm³/mol. The van der Waals surface area contributed by atoms with Crippen molar-refractivity contribution < 1.29 is 9.21 Å². The van der Waals surface area contributed by atoms with Crippen molar-refractivity contribution in [2.75, 3.05) is 5.32 Å². The smallest absolute Gasteiger partial charge is 0.230 e. The Morgan fingerprint density at radius 1 is 1.10 bits per heavy atom. The number of aromatic amines is 1. The molecule has 0 aliphatic rings. The standard InChI is InChI=1S/C23H18N4O2S/c1-14-18(27-23(29-14)15-6-3-2-4-7-15)13-21(28)24-16-9-10-17-19(12-16)26-22(25-17)20-8-5-11-30-20/h2-12H,13H2,1H3,(H,24,28)(H,25,26). The van der Waals surface area contributed by atoms with E-state index < -0.39 is 0 Å². The van der Waals surface area contributed by atoms with E-state index in [1.54, 1.807) is 11.3 Å². The van der Waals surface area contributed by atoms with E-state index in [1.165, 1.54) is 0 Å². The zero-order valence-electron chi connectivity index (χ0n) is 16.2. The number of rotatable bonds is 5. The second-order valence-corrected chi connectivity index (χ2v) is 7.86. The van der Waals surface area contributed by atoms with Gasteiger partial charge in [0.25, 0.3) is 0 Å². The Morgan fingerprint density at radius 2 is 1.97 bits per heavy atom. The number of nitrogens with one attached hydrogen (secondary N) is 2. The van der Waals surface area contributed by atoms with Gasteiger partial charge in [0, 0.05) is 11.3 Å². The van der Waals surface area contributed by atoms with Crippen LogP contribution in [0.3, 0.4) is 0 Å². The molecule has 148 valence electrons. The maximum absolute atomic E-state index is 12.6. The second-order valence-electron chi connectivity index (χ2n) is 6.91. The molecular weight excluding hydrogens is 396 g/mol. The predicted octanol–water partition coefficient (Wildman–Crippen LogP) is 5.44. The fraction of sp³-hybridized carbons (Fsp3) is 0.0870. The molecule has 0 saturated heterocycles. The molecule has 0 radical (unpaired) electrons. The fourth-order valence-corrected chi connectivity index (χ4v) is 3.94. The molecule has 0 bridgehead atoms. The van der Waals surface area contributed by atoms with Gasteiger partial charge < -0.3 is 14.7 Å². The molecule has 0 spiro atoms. The largest absolute Gasteiger partial charge is 0.441 e. The first-order valence-electron chi connectivity index (χ1n) is 9.51. The van der Waals surface area contributed by atoms with Gasteiger partial charge in [-0.1, -0.05) is 24.3 Å². The number of carbonyl (C=O) groups excluding carboxylic acids is 1. The van der Waals surface area contributed by atoms with Gasteiger partial charge in [0.05, 0.1) is 28.0 Å². The summed E-state index contributed by atoms with van der Waals surface area (Å²) in [6.45, 7) is 1.82. The number of imidazole rings is 1. The highest BCUT2D eigenvalue weighted by molar-refractivity contribution is 7.13. The summed E-state index contributed by atoms with van der Waals surface area (Å²) >= 11 is 1.63. The SMILES string of the molecule is Cc1oc(-c2ccccc2)nc1CC(=O)Nc1ccc2nc(-c3cccs3)[nH]c2c1. The average Bonchev–Trinajstić information content (AvgIpc) is 3.48. The number of carbonyl (C=O) groups is 1. The highest BCUT2D eigenvalue weighted by atomic mass is 32.1. The molecule has 1 amide bonds. The van der Waals surface area contributed by atoms with E-state index in [9.17, 15) is 4.79 Å². The van der Waals surface area contributed by atoms with Crippen molar-refractivity contribution in [2.24, 2.45) is 0 Å². The topological polar surface area (TPSA) is 83.8 Å². The number of amides is 1. The third-order valence-electron chi connectivity index (χ3n) is 4.76. The van der Waals surface area contributed by atoms with Crippen LogP contribution in [0.2, 0.25) is 0 Å². The van der Waals surface area contributed by atoms with Crippen LogP contribution in [0.5, 0.6) is 0 Å². The van der Waals surface area contributed by atoms with Crippen LogP contribution >= 0.6 is 11.3 Å². The maximum atomic E-state index is 12.6. The van der Waals surface area contributed by atoms with E-state index >= 15 is 0 Å². The molecule has 0 aliphatic heterocycles. The summed E-state index contributed by atoms with van der Waals surface area (Å²) in [5.41, 5.74) is 3.96. The first-order chi connectivity index (χ1) is 14.7. The summed E-state index contributed by atoms with van der Waals surface area (Å²) in [6.07, 6.45) is 0.142. The lowest BCUT2D eigenvalue weighted by Gasteiger charge is -2.04. The van der Waals surface area contributed by atoms with Crippen LogP contribution in [-0.4, -0.2) is 20.9 Å². The Morgan fingerprint density at radius 3 is 2.77 bits per heavy atom. The van der Waals surface area contributed by atoms with Crippen molar-refractivity contribution in [1.82, 2.24) is 15.0 Å². The highest BCUT2D eigenvalue weighted by Crippen LogP contribution is 2.26. The van der Waals surface area contributed by atoms with Crippen LogP contribution in [0, 0.1) is 6.92 Å². The molecule has 3 aromatic heterocycles. The van der Waals surface area contributed by atoms with Crippen molar-refractivity contribution in [3.63, 3.8) is 0 Å². The van der Waals surface area contributed by atoms with E-state index in [-0.39, 0.29) is 12.3 Å². The van der Waals surface area contributed by atoms with Crippen molar-refractivity contribution in [3.05, 3.63) is 77.5 Å². The molecule has 0 fully saturated rings. The number of hydrogen-bond donors (Lipinski definition) is 2. The minimum atomic E-state index is -0.150. The van der Waals surface area contributed by atoms with E-state index in [0.29, 0.717) is 23.0 Å². The third-order valence-corrected chi connectivity index (χ3v) is 5.64. The van der Waals surface area contributed by atoms with Crippen LogP contribution in [0.15, 0.2) is 70.5 Å². The van der Waals surface area contributed by atoms with Gasteiger partial charge in [-0.15, -0.1) is 11.3 Å². The molecule has 7 heteroatoms. The number of aromatic nitrogens is 3. The Bertz CT molecular complexity index is 1320. The molecule has 3 heterocycles. The lowest BCUT2D eigenvalue weighted by Crippen LogP contribution is -2.15. The number of aryl methyl sites for hydroxylation is 1. The quantitative estimate of drug-likeness (QED) is 0.401. The van der Waals surface area contributed by atoms with Crippen LogP contribution in [0.4, 0.5) is 5.69 Å². The summed E-state index contributed by atoms with van der Waals surface area (Å²) in [5, 5.41) is 4.95. The molecular formula is C23H18N4O2S. The summed E-state index contributed by atoms with van der Waals surface area (Å²) in [7, 11) is 0. The molecule has 0 unspecified atom stereocenters. The monoisotopic (exact) mass is 414 g/mol. The van der Waals surface area contributed by atoms with Crippen LogP contribution in [0.1, 0.15) is 11.5 Å². The number of thiophene rings is 1. The zero-order chi connectivity index (χ0) is 20.5. The normalized spacial score (nSPS) is 11.1. The van der Waals surface area contributed by atoms with Gasteiger partial charge >= 0.3 is 0 Å².